The number of rotatable bonds is 1. The summed E-state index contributed by atoms with van der Waals surface area (Å²) in [6.45, 7) is 3.30. The van der Waals surface area contributed by atoms with E-state index < -0.39 is 0 Å². The molecule has 0 aromatic rings. The van der Waals surface area contributed by atoms with Gasteiger partial charge in [-0.15, -0.1) is 0 Å². The molecule has 0 spiro atoms. The van der Waals surface area contributed by atoms with Gasteiger partial charge in [-0.05, 0) is 6.07 Å². The maximum Gasteiger partial charge on any atom is 0.257 e. The lowest BCUT2D eigenvalue weighted by Gasteiger charge is -1.82. The van der Waals surface area contributed by atoms with Crippen LogP contribution in [-0.2, 0) is 0 Å². The van der Waals surface area contributed by atoms with Gasteiger partial charge in [-0.1, -0.05) is 4.85 Å². The Balaban J connectivity index is 2.67. The third-order valence-electron chi connectivity index (χ3n) is 1.26. The SMILES string of the molecule is C=Nn1cc2ccnc-2o1. The van der Waals surface area contributed by atoms with Crippen LogP contribution >= 0.6 is 0 Å². The molecule has 0 atom stereocenters. The maximum absolute atomic E-state index is 5.03. The first-order valence-corrected chi connectivity index (χ1v) is 2.80. The van der Waals surface area contributed by atoms with Crippen LogP contribution in [0.3, 0.4) is 0 Å². The van der Waals surface area contributed by atoms with E-state index in [1.165, 1.54) is 4.85 Å². The van der Waals surface area contributed by atoms with Crippen LogP contribution in [0.4, 0.5) is 0 Å². The Labute approximate surface area is 57.1 Å². The first-order valence-electron chi connectivity index (χ1n) is 2.80. The van der Waals surface area contributed by atoms with Gasteiger partial charge < -0.3 is 4.52 Å². The molecule has 0 bridgehead atoms. The quantitative estimate of drug-likeness (QED) is 0.548. The highest BCUT2D eigenvalue weighted by atomic mass is 16.5. The van der Waals surface area contributed by atoms with E-state index in [0.29, 0.717) is 5.89 Å². The van der Waals surface area contributed by atoms with Gasteiger partial charge >= 0.3 is 0 Å². The molecule has 0 unspecified atom stereocenters. The minimum atomic E-state index is 0.590. The molecule has 50 valence electrons. The van der Waals surface area contributed by atoms with E-state index in [9.17, 15) is 0 Å². The third-order valence-corrected chi connectivity index (χ3v) is 1.26. The number of aromatic nitrogens is 2. The predicted molar refractivity (Wildman–Crippen MR) is 36.1 cm³/mol. The summed E-state index contributed by atoms with van der Waals surface area (Å²) in [4.78, 5) is 5.19. The van der Waals surface area contributed by atoms with Crippen molar-refractivity contribution in [3.63, 3.8) is 0 Å². The molecule has 2 heterocycles. The third kappa shape index (κ3) is 0.556. The zero-order valence-electron chi connectivity index (χ0n) is 5.19. The van der Waals surface area contributed by atoms with E-state index in [4.69, 9.17) is 4.52 Å². The zero-order valence-corrected chi connectivity index (χ0v) is 5.19. The summed E-state index contributed by atoms with van der Waals surface area (Å²) < 4.78 is 5.03. The molecule has 0 aromatic carbocycles. The molecule has 0 aromatic heterocycles. The molecule has 0 amide bonds. The molecular formula is C6H5N3O. The monoisotopic (exact) mass is 135 g/mol. The fourth-order valence-electron chi connectivity index (χ4n) is 0.809. The van der Waals surface area contributed by atoms with Crippen LogP contribution in [0.15, 0.2) is 28.1 Å². The van der Waals surface area contributed by atoms with Gasteiger partial charge in [0.2, 0.25) is 0 Å². The van der Waals surface area contributed by atoms with Gasteiger partial charge in [0, 0.05) is 12.9 Å². The summed E-state index contributed by atoms with van der Waals surface area (Å²) in [7, 11) is 0. The van der Waals surface area contributed by atoms with Gasteiger partial charge in [0.1, 0.15) is 0 Å². The molecule has 0 aliphatic carbocycles. The highest BCUT2D eigenvalue weighted by Gasteiger charge is 2.08. The fourth-order valence-corrected chi connectivity index (χ4v) is 0.809. The van der Waals surface area contributed by atoms with Crippen molar-refractivity contribution in [2.45, 2.75) is 0 Å². The molecule has 2 aliphatic rings. The minimum absolute atomic E-state index is 0.590. The second kappa shape index (κ2) is 1.70. The number of fused-ring (bicyclic) bond motifs is 1. The highest BCUT2D eigenvalue weighted by molar-refractivity contribution is 5.52. The van der Waals surface area contributed by atoms with E-state index in [1.807, 2.05) is 6.07 Å². The van der Waals surface area contributed by atoms with Crippen LogP contribution in [-0.4, -0.2) is 16.6 Å². The lowest BCUT2D eigenvalue weighted by atomic mass is 10.4. The molecule has 0 N–H and O–H groups in total. The van der Waals surface area contributed by atoms with Crippen molar-refractivity contribution in [3.8, 4) is 11.5 Å². The van der Waals surface area contributed by atoms with Crippen molar-refractivity contribution in [1.82, 2.24) is 9.83 Å². The molecular weight excluding hydrogens is 130 g/mol. The lowest BCUT2D eigenvalue weighted by molar-refractivity contribution is 0.305. The first kappa shape index (κ1) is 5.22. The average molecular weight is 135 g/mol. The summed E-state index contributed by atoms with van der Waals surface area (Å²) in [6.07, 6.45) is 3.40. The van der Waals surface area contributed by atoms with E-state index in [-0.39, 0.29) is 0 Å². The summed E-state index contributed by atoms with van der Waals surface area (Å²) >= 11 is 0. The van der Waals surface area contributed by atoms with Crippen LogP contribution < -0.4 is 0 Å². The molecule has 4 heteroatoms. The maximum atomic E-state index is 5.03. The van der Waals surface area contributed by atoms with Crippen LogP contribution in [0.2, 0.25) is 0 Å². The van der Waals surface area contributed by atoms with Gasteiger partial charge in [-0.2, -0.15) is 5.10 Å². The summed E-state index contributed by atoms with van der Waals surface area (Å²) in [5.74, 6) is 0.590. The van der Waals surface area contributed by atoms with Crippen LogP contribution in [0.1, 0.15) is 0 Å². The summed E-state index contributed by atoms with van der Waals surface area (Å²) in [5, 5.41) is 3.54. The standard InChI is InChI=1S/C6H5N3O/c1-7-9-4-5-2-3-8-6(5)10-9/h2-4H,1H2. The van der Waals surface area contributed by atoms with Crippen LogP contribution in [0.25, 0.3) is 11.5 Å². The summed E-state index contributed by atoms with van der Waals surface area (Å²) in [6, 6.07) is 1.85. The van der Waals surface area contributed by atoms with Gasteiger partial charge in [0.05, 0.1) is 11.8 Å². The largest absolute Gasteiger partial charge is 0.337 e. The van der Waals surface area contributed by atoms with Crippen molar-refractivity contribution < 1.29 is 4.52 Å². The Morgan fingerprint density at radius 2 is 2.60 bits per heavy atom. The molecule has 2 rings (SSSR count). The first-order chi connectivity index (χ1) is 4.90. The van der Waals surface area contributed by atoms with Gasteiger partial charge in [0.25, 0.3) is 5.89 Å². The Kier molecular flexibility index (Phi) is 0.887. The predicted octanol–water partition coefficient (Wildman–Crippen LogP) is 1.04. The number of hydrogen-bond acceptors (Lipinski definition) is 3. The molecule has 10 heavy (non-hydrogen) atoms. The van der Waals surface area contributed by atoms with Crippen molar-refractivity contribution in [3.05, 3.63) is 18.5 Å². The second-order valence-corrected chi connectivity index (χ2v) is 1.87. The second-order valence-electron chi connectivity index (χ2n) is 1.87. The Morgan fingerprint density at radius 1 is 1.70 bits per heavy atom. The molecule has 2 aliphatic heterocycles. The van der Waals surface area contributed by atoms with Crippen molar-refractivity contribution >= 4 is 6.72 Å². The van der Waals surface area contributed by atoms with Crippen LogP contribution in [0, 0.1) is 0 Å². The van der Waals surface area contributed by atoms with Crippen LogP contribution in [0.5, 0.6) is 0 Å². The van der Waals surface area contributed by atoms with Gasteiger partial charge in [0.15, 0.2) is 0 Å². The van der Waals surface area contributed by atoms with Gasteiger partial charge in [-0.3, -0.25) is 0 Å². The molecule has 0 saturated carbocycles. The molecule has 0 saturated heterocycles. The number of nitrogens with zero attached hydrogens (tertiary/aromatic N) is 3. The van der Waals surface area contributed by atoms with E-state index in [1.54, 1.807) is 12.4 Å². The van der Waals surface area contributed by atoms with Crippen molar-refractivity contribution in [1.29, 1.82) is 0 Å². The smallest absolute Gasteiger partial charge is 0.257 e. The Bertz CT molecular complexity index is 296. The zero-order chi connectivity index (χ0) is 6.97. The van der Waals surface area contributed by atoms with Crippen molar-refractivity contribution in [2.24, 2.45) is 5.10 Å². The Morgan fingerprint density at radius 3 is 3.30 bits per heavy atom. The minimum Gasteiger partial charge on any atom is -0.337 e. The molecule has 4 nitrogen and oxygen atoms in total. The summed E-state index contributed by atoms with van der Waals surface area (Å²) in [5.41, 5.74) is 0.937. The number of hydrogen-bond donors (Lipinski definition) is 0. The molecule has 0 fully saturated rings. The average Bonchev–Trinajstić information content (AvgIpc) is 2.42. The normalized spacial score (nSPS) is 10.4. The lowest BCUT2D eigenvalue weighted by Crippen LogP contribution is -1.76. The van der Waals surface area contributed by atoms with Crippen molar-refractivity contribution in [2.75, 3.05) is 0 Å². The van der Waals surface area contributed by atoms with E-state index in [2.05, 4.69) is 16.8 Å². The van der Waals surface area contributed by atoms with E-state index >= 15 is 0 Å². The van der Waals surface area contributed by atoms with E-state index in [0.717, 1.165) is 5.56 Å². The van der Waals surface area contributed by atoms with Gasteiger partial charge in [-0.25, -0.2) is 4.98 Å². The Hall–Kier alpha value is -1.58. The highest BCUT2D eigenvalue weighted by Crippen LogP contribution is 2.19. The molecule has 0 radical (unpaired) electrons. The topological polar surface area (TPSA) is 43.3 Å². The fraction of sp³-hybridized carbons (Fsp3) is 0.